The SMILES string of the molecule is O=C(O)N1CCC(c2ccc(OC/C=C/COc3ccccc3)cc2)C(O)C1. The van der Waals surface area contributed by atoms with Crippen molar-refractivity contribution in [2.45, 2.75) is 18.4 Å². The van der Waals surface area contributed by atoms with E-state index in [0.29, 0.717) is 26.2 Å². The number of nitrogens with zero attached hydrogens (tertiary/aromatic N) is 1. The second kappa shape index (κ2) is 9.80. The van der Waals surface area contributed by atoms with Gasteiger partial charge in [0.25, 0.3) is 0 Å². The van der Waals surface area contributed by atoms with Crippen LogP contribution in [0.2, 0.25) is 0 Å². The van der Waals surface area contributed by atoms with Crippen LogP contribution in [0.1, 0.15) is 17.9 Å². The smallest absolute Gasteiger partial charge is 0.407 e. The molecule has 1 saturated heterocycles. The van der Waals surface area contributed by atoms with Crippen molar-refractivity contribution < 1.29 is 24.5 Å². The first-order chi connectivity index (χ1) is 13.6. The lowest BCUT2D eigenvalue weighted by Gasteiger charge is -2.34. The predicted molar refractivity (Wildman–Crippen MR) is 106 cm³/mol. The number of rotatable bonds is 7. The van der Waals surface area contributed by atoms with Crippen molar-refractivity contribution in [1.82, 2.24) is 4.90 Å². The molecule has 2 aromatic carbocycles. The Balaban J connectivity index is 1.42. The number of benzene rings is 2. The molecule has 0 bridgehead atoms. The summed E-state index contributed by atoms with van der Waals surface area (Å²) in [6.45, 7) is 1.51. The maximum atomic E-state index is 11.0. The maximum Gasteiger partial charge on any atom is 0.407 e. The zero-order valence-electron chi connectivity index (χ0n) is 15.6. The predicted octanol–water partition coefficient (Wildman–Crippen LogP) is 3.53. The van der Waals surface area contributed by atoms with Crippen molar-refractivity contribution in [3.63, 3.8) is 0 Å². The largest absolute Gasteiger partial charge is 0.490 e. The number of hydrogen-bond acceptors (Lipinski definition) is 4. The van der Waals surface area contributed by atoms with E-state index in [9.17, 15) is 9.90 Å². The molecule has 2 aromatic rings. The van der Waals surface area contributed by atoms with Crippen LogP contribution in [0.3, 0.4) is 0 Å². The molecule has 1 aliphatic heterocycles. The van der Waals surface area contributed by atoms with Gasteiger partial charge < -0.3 is 24.6 Å². The third kappa shape index (κ3) is 5.50. The second-order valence-corrected chi connectivity index (χ2v) is 6.67. The van der Waals surface area contributed by atoms with Gasteiger partial charge in [0, 0.05) is 12.5 Å². The van der Waals surface area contributed by atoms with E-state index >= 15 is 0 Å². The van der Waals surface area contributed by atoms with Gasteiger partial charge in [-0.2, -0.15) is 0 Å². The summed E-state index contributed by atoms with van der Waals surface area (Å²) in [5.74, 6) is 1.52. The molecule has 1 amide bonds. The van der Waals surface area contributed by atoms with Crippen molar-refractivity contribution in [3.05, 3.63) is 72.3 Å². The molecule has 3 rings (SSSR count). The van der Waals surface area contributed by atoms with Crippen LogP contribution in [0.4, 0.5) is 4.79 Å². The number of aliphatic hydroxyl groups excluding tert-OH is 1. The second-order valence-electron chi connectivity index (χ2n) is 6.67. The standard InChI is InChI=1S/C22H25NO5/c24-21-16-23(22(25)26)13-12-20(21)17-8-10-19(11-9-17)28-15-5-4-14-27-18-6-2-1-3-7-18/h1-11,20-21,24H,12-16H2,(H,25,26)/b5-4+. The van der Waals surface area contributed by atoms with E-state index in [4.69, 9.17) is 14.6 Å². The van der Waals surface area contributed by atoms with Gasteiger partial charge in [0.2, 0.25) is 0 Å². The van der Waals surface area contributed by atoms with E-state index in [1.807, 2.05) is 66.7 Å². The molecule has 0 aliphatic carbocycles. The number of amides is 1. The third-order valence-corrected chi connectivity index (χ3v) is 4.76. The first kappa shape index (κ1) is 19.8. The van der Waals surface area contributed by atoms with E-state index in [0.717, 1.165) is 17.1 Å². The number of carboxylic acid groups (broad SMARTS) is 1. The first-order valence-corrected chi connectivity index (χ1v) is 9.35. The Morgan fingerprint density at radius 3 is 2.18 bits per heavy atom. The highest BCUT2D eigenvalue weighted by Crippen LogP contribution is 2.29. The normalized spacial score (nSPS) is 19.5. The summed E-state index contributed by atoms with van der Waals surface area (Å²) in [5, 5.41) is 19.3. The molecule has 148 valence electrons. The van der Waals surface area contributed by atoms with Crippen LogP contribution in [0.25, 0.3) is 0 Å². The van der Waals surface area contributed by atoms with Gasteiger partial charge >= 0.3 is 6.09 Å². The molecule has 0 radical (unpaired) electrons. The number of hydrogen-bond donors (Lipinski definition) is 2. The molecule has 1 heterocycles. The fourth-order valence-corrected chi connectivity index (χ4v) is 3.25. The molecule has 2 N–H and O–H groups in total. The van der Waals surface area contributed by atoms with E-state index in [-0.39, 0.29) is 12.5 Å². The molecule has 28 heavy (non-hydrogen) atoms. The number of aliphatic hydroxyl groups is 1. The molecular weight excluding hydrogens is 358 g/mol. The molecular formula is C22H25NO5. The monoisotopic (exact) mass is 383 g/mol. The van der Waals surface area contributed by atoms with Gasteiger partial charge in [0.1, 0.15) is 24.7 Å². The van der Waals surface area contributed by atoms with E-state index in [1.54, 1.807) is 0 Å². The van der Waals surface area contributed by atoms with Crippen LogP contribution in [-0.4, -0.2) is 53.6 Å². The van der Waals surface area contributed by atoms with Gasteiger partial charge in [-0.15, -0.1) is 0 Å². The van der Waals surface area contributed by atoms with Crippen LogP contribution in [0, 0.1) is 0 Å². The highest BCUT2D eigenvalue weighted by Gasteiger charge is 2.30. The summed E-state index contributed by atoms with van der Waals surface area (Å²) < 4.78 is 11.3. The first-order valence-electron chi connectivity index (χ1n) is 9.35. The Kier molecular flexibility index (Phi) is 6.92. The van der Waals surface area contributed by atoms with Gasteiger partial charge in [-0.25, -0.2) is 4.79 Å². The van der Waals surface area contributed by atoms with Crippen LogP contribution >= 0.6 is 0 Å². The van der Waals surface area contributed by atoms with Crippen LogP contribution in [-0.2, 0) is 0 Å². The minimum atomic E-state index is -0.983. The molecule has 0 spiro atoms. The Morgan fingerprint density at radius 2 is 1.61 bits per heavy atom. The average molecular weight is 383 g/mol. The summed E-state index contributed by atoms with van der Waals surface area (Å²) in [6.07, 6.45) is 2.75. The fraction of sp³-hybridized carbons (Fsp3) is 0.318. The summed E-state index contributed by atoms with van der Waals surface area (Å²) in [6, 6.07) is 17.2. The van der Waals surface area contributed by atoms with Crippen LogP contribution in [0.5, 0.6) is 11.5 Å². The molecule has 0 aromatic heterocycles. The summed E-state index contributed by atoms with van der Waals surface area (Å²) in [5.41, 5.74) is 0.997. The summed E-state index contributed by atoms with van der Waals surface area (Å²) in [4.78, 5) is 12.3. The lowest BCUT2D eigenvalue weighted by Crippen LogP contribution is -2.45. The van der Waals surface area contributed by atoms with Gasteiger partial charge in [-0.3, -0.25) is 0 Å². The number of piperidine rings is 1. The van der Waals surface area contributed by atoms with Crippen molar-refractivity contribution in [2.75, 3.05) is 26.3 Å². The zero-order valence-corrected chi connectivity index (χ0v) is 15.6. The van der Waals surface area contributed by atoms with Crippen molar-refractivity contribution in [1.29, 1.82) is 0 Å². The minimum absolute atomic E-state index is 0.0559. The number of para-hydroxylation sites is 1. The molecule has 2 unspecified atom stereocenters. The Hall–Kier alpha value is -2.99. The van der Waals surface area contributed by atoms with E-state index in [2.05, 4.69) is 0 Å². The van der Waals surface area contributed by atoms with Crippen LogP contribution in [0.15, 0.2) is 66.7 Å². The molecule has 2 atom stereocenters. The van der Waals surface area contributed by atoms with Gasteiger partial charge in [-0.05, 0) is 48.4 Å². The lowest BCUT2D eigenvalue weighted by atomic mass is 9.87. The fourth-order valence-electron chi connectivity index (χ4n) is 3.25. The van der Waals surface area contributed by atoms with E-state index < -0.39 is 12.2 Å². The molecule has 0 saturated carbocycles. The molecule has 1 fully saturated rings. The topological polar surface area (TPSA) is 79.2 Å². The average Bonchev–Trinajstić information content (AvgIpc) is 2.72. The number of likely N-dealkylation sites (tertiary alicyclic amines) is 1. The minimum Gasteiger partial charge on any atom is -0.490 e. The molecule has 6 nitrogen and oxygen atoms in total. The number of β-amino-alcohol motifs (C(OH)–C–C–N with tert-alkyl or cyclic N) is 1. The maximum absolute atomic E-state index is 11.0. The quantitative estimate of drug-likeness (QED) is 0.715. The van der Waals surface area contributed by atoms with Gasteiger partial charge in [0.05, 0.1) is 12.6 Å². The number of carbonyl (C=O) groups is 1. The summed E-state index contributed by atoms with van der Waals surface area (Å²) >= 11 is 0. The Bertz CT molecular complexity index is 775. The highest BCUT2D eigenvalue weighted by atomic mass is 16.5. The van der Waals surface area contributed by atoms with Gasteiger partial charge in [0.15, 0.2) is 0 Å². The zero-order chi connectivity index (χ0) is 19.8. The lowest BCUT2D eigenvalue weighted by molar-refractivity contribution is 0.0504. The highest BCUT2D eigenvalue weighted by molar-refractivity contribution is 5.65. The van der Waals surface area contributed by atoms with Crippen LogP contribution < -0.4 is 9.47 Å². The Morgan fingerprint density at radius 1 is 1.00 bits per heavy atom. The Labute approximate surface area is 164 Å². The van der Waals surface area contributed by atoms with Crippen molar-refractivity contribution in [2.24, 2.45) is 0 Å². The van der Waals surface area contributed by atoms with Gasteiger partial charge in [-0.1, -0.05) is 30.3 Å². The molecule has 1 aliphatic rings. The summed E-state index contributed by atoms with van der Waals surface area (Å²) in [7, 11) is 0. The third-order valence-electron chi connectivity index (χ3n) is 4.76. The van der Waals surface area contributed by atoms with Crippen molar-refractivity contribution >= 4 is 6.09 Å². The molecule has 6 heteroatoms. The number of ether oxygens (including phenoxy) is 2. The van der Waals surface area contributed by atoms with Crippen molar-refractivity contribution in [3.8, 4) is 11.5 Å². The van der Waals surface area contributed by atoms with E-state index in [1.165, 1.54) is 4.90 Å².